The first-order valence-corrected chi connectivity index (χ1v) is 9.79. The summed E-state index contributed by atoms with van der Waals surface area (Å²) in [5.74, 6) is 1.29. The van der Waals surface area contributed by atoms with E-state index < -0.39 is 0 Å². The molecule has 8 heteroatoms. The van der Waals surface area contributed by atoms with Crippen LogP contribution in [0.2, 0.25) is 0 Å². The number of aromatic amines is 1. The molecule has 3 aromatic heterocycles. The molecular formula is C22H20N6O2. The fraction of sp³-hybridized carbons (Fsp3) is 0.227. The highest BCUT2D eigenvalue weighted by molar-refractivity contribution is 5.61. The summed E-state index contributed by atoms with van der Waals surface area (Å²) >= 11 is 0. The van der Waals surface area contributed by atoms with Crippen molar-refractivity contribution in [3.05, 3.63) is 81.9 Å². The highest BCUT2D eigenvalue weighted by Crippen LogP contribution is 2.28. The van der Waals surface area contributed by atoms with Crippen molar-refractivity contribution < 1.29 is 4.52 Å². The lowest BCUT2D eigenvalue weighted by Crippen LogP contribution is -2.35. The Morgan fingerprint density at radius 3 is 2.73 bits per heavy atom. The van der Waals surface area contributed by atoms with Crippen LogP contribution in [0.1, 0.15) is 22.5 Å². The van der Waals surface area contributed by atoms with Crippen LogP contribution in [0, 0.1) is 6.92 Å². The fourth-order valence-electron chi connectivity index (χ4n) is 3.79. The van der Waals surface area contributed by atoms with Crippen molar-refractivity contribution in [3.63, 3.8) is 0 Å². The van der Waals surface area contributed by atoms with Gasteiger partial charge in [0.2, 0.25) is 0 Å². The van der Waals surface area contributed by atoms with Crippen LogP contribution in [0.25, 0.3) is 22.7 Å². The number of nitrogens with one attached hydrogen (secondary N) is 1. The van der Waals surface area contributed by atoms with Gasteiger partial charge in [-0.05, 0) is 6.92 Å². The molecule has 150 valence electrons. The Morgan fingerprint density at radius 1 is 1.13 bits per heavy atom. The van der Waals surface area contributed by atoms with E-state index in [4.69, 9.17) is 4.52 Å². The highest BCUT2D eigenvalue weighted by atomic mass is 16.5. The second-order valence-corrected chi connectivity index (χ2v) is 7.37. The van der Waals surface area contributed by atoms with Gasteiger partial charge in [0, 0.05) is 49.6 Å². The van der Waals surface area contributed by atoms with Gasteiger partial charge in [-0.3, -0.25) is 9.69 Å². The molecule has 0 atom stereocenters. The molecule has 0 saturated carbocycles. The van der Waals surface area contributed by atoms with Crippen LogP contribution >= 0.6 is 0 Å². The summed E-state index contributed by atoms with van der Waals surface area (Å²) in [7, 11) is 0. The van der Waals surface area contributed by atoms with Crippen molar-refractivity contribution in [2.45, 2.75) is 26.4 Å². The zero-order chi connectivity index (χ0) is 20.5. The Hall–Kier alpha value is -3.65. The minimum Gasteiger partial charge on any atom is -0.356 e. The molecule has 0 fully saturated rings. The van der Waals surface area contributed by atoms with Crippen LogP contribution in [0.3, 0.4) is 0 Å². The van der Waals surface area contributed by atoms with E-state index >= 15 is 0 Å². The molecule has 1 N–H and O–H groups in total. The molecule has 1 aliphatic heterocycles. The quantitative estimate of drug-likeness (QED) is 0.562. The number of nitrogens with zero attached hydrogens (tertiary/aromatic N) is 5. The van der Waals surface area contributed by atoms with Gasteiger partial charge in [-0.15, -0.1) is 0 Å². The molecule has 0 unspecified atom stereocenters. The van der Waals surface area contributed by atoms with Gasteiger partial charge in [0.1, 0.15) is 12.2 Å². The number of aryl methyl sites for hydroxylation is 1. The normalized spacial score (nSPS) is 13.9. The molecule has 1 aliphatic rings. The number of fused-ring (bicyclic) bond motifs is 1. The molecule has 1 aromatic carbocycles. The summed E-state index contributed by atoms with van der Waals surface area (Å²) in [4.78, 5) is 30.5. The van der Waals surface area contributed by atoms with Crippen LogP contribution < -0.4 is 5.56 Å². The van der Waals surface area contributed by atoms with Crippen LogP contribution in [-0.4, -0.2) is 36.5 Å². The molecule has 4 heterocycles. The van der Waals surface area contributed by atoms with E-state index in [-0.39, 0.29) is 5.56 Å². The Morgan fingerprint density at radius 2 is 1.93 bits per heavy atom. The fourth-order valence-corrected chi connectivity index (χ4v) is 3.79. The third-order valence-corrected chi connectivity index (χ3v) is 5.38. The Kier molecular flexibility index (Phi) is 4.68. The molecule has 0 aliphatic carbocycles. The van der Waals surface area contributed by atoms with E-state index in [0.717, 1.165) is 34.8 Å². The molecule has 8 nitrogen and oxygen atoms in total. The summed E-state index contributed by atoms with van der Waals surface area (Å²) in [6.45, 7) is 3.94. The van der Waals surface area contributed by atoms with E-state index in [1.807, 2.05) is 37.3 Å². The maximum atomic E-state index is 12.8. The standard InChI is InChI=1S/C22H20N6O2/c1-14-17(20(30-27-14)15-5-3-2-4-6-15)11-28-8-7-19-18(12-28)22(29)26-21(25-19)16-9-23-13-24-10-16/h2-6,9-10,13H,7-8,11-12H2,1H3,(H,25,26,29). The monoisotopic (exact) mass is 400 g/mol. The van der Waals surface area contributed by atoms with Crippen molar-refractivity contribution in [2.75, 3.05) is 6.54 Å². The maximum absolute atomic E-state index is 12.8. The van der Waals surface area contributed by atoms with Gasteiger partial charge >= 0.3 is 0 Å². The second-order valence-electron chi connectivity index (χ2n) is 7.37. The summed E-state index contributed by atoms with van der Waals surface area (Å²) in [6, 6.07) is 9.96. The Labute approximate surface area is 172 Å². The Bertz CT molecular complexity index is 1230. The maximum Gasteiger partial charge on any atom is 0.255 e. The first-order chi connectivity index (χ1) is 14.7. The number of rotatable bonds is 4. The average Bonchev–Trinajstić information content (AvgIpc) is 3.15. The zero-order valence-corrected chi connectivity index (χ0v) is 16.5. The van der Waals surface area contributed by atoms with Crippen LogP contribution in [0.4, 0.5) is 0 Å². The molecule has 0 radical (unpaired) electrons. The summed E-state index contributed by atoms with van der Waals surface area (Å²) in [6.07, 6.45) is 5.44. The molecule has 5 rings (SSSR count). The lowest BCUT2D eigenvalue weighted by Gasteiger charge is -2.27. The van der Waals surface area contributed by atoms with E-state index in [0.29, 0.717) is 36.5 Å². The lowest BCUT2D eigenvalue weighted by atomic mass is 10.0. The van der Waals surface area contributed by atoms with Gasteiger partial charge in [-0.25, -0.2) is 15.0 Å². The van der Waals surface area contributed by atoms with E-state index in [1.165, 1.54) is 6.33 Å². The highest BCUT2D eigenvalue weighted by Gasteiger charge is 2.24. The van der Waals surface area contributed by atoms with Crippen LogP contribution in [-0.2, 0) is 19.5 Å². The molecular weight excluding hydrogens is 380 g/mol. The lowest BCUT2D eigenvalue weighted by molar-refractivity contribution is 0.241. The SMILES string of the molecule is Cc1noc(-c2ccccc2)c1CN1CCc2nc(-c3cncnc3)[nH]c(=O)c2C1. The topological polar surface area (TPSA) is 101 Å². The van der Waals surface area contributed by atoms with Gasteiger partial charge in [0.05, 0.1) is 22.5 Å². The first-order valence-electron chi connectivity index (χ1n) is 9.79. The predicted octanol–water partition coefficient (Wildman–Crippen LogP) is 2.75. The van der Waals surface area contributed by atoms with E-state index in [2.05, 4.69) is 30.0 Å². The first kappa shape index (κ1) is 18.4. The third-order valence-electron chi connectivity index (χ3n) is 5.38. The smallest absolute Gasteiger partial charge is 0.255 e. The zero-order valence-electron chi connectivity index (χ0n) is 16.5. The second kappa shape index (κ2) is 7.64. The largest absolute Gasteiger partial charge is 0.356 e. The van der Waals surface area contributed by atoms with Crippen molar-refractivity contribution >= 4 is 0 Å². The number of benzene rings is 1. The van der Waals surface area contributed by atoms with Gasteiger partial charge in [0.15, 0.2) is 5.76 Å². The minimum absolute atomic E-state index is 0.117. The molecule has 0 amide bonds. The van der Waals surface area contributed by atoms with Crippen molar-refractivity contribution in [3.8, 4) is 22.7 Å². The van der Waals surface area contributed by atoms with Crippen LogP contribution in [0.5, 0.6) is 0 Å². The predicted molar refractivity (Wildman–Crippen MR) is 110 cm³/mol. The van der Waals surface area contributed by atoms with E-state index in [9.17, 15) is 4.79 Å². The summed E-state index contributed by atoms with van der Waals surface area (Å²) in [5, 5.41) is 4.17. The van der Waals surface area contributed by atoms with Gasteiger partial charge in [0.25, 0.3) is 5.56 Å². The number of aromatic nitrogens is 5. The van der Waals surface area contributed by atoms with Gasteiger partial charge in [-0.1, -0.05) is 35.5 Å². The van der Waals surface area contributed by atoms with E-state index in [1.54, 1.807) is 12.4 Å². The van der Waals surface area contributed by atoms with Crippen molar-refractivity contribution in [1.82, 2.24) is 30.0 Å². The third kappa shape index (κ3) is 3.42. The molecule has 4 aromatic rings. The number of hydrogen-bond acceptors (Lipinski definition) is 7. The van der Waals surface area contributed by atoms with Crippen molar-refractivity contribution in [1.29, 1.82) is 0 Å². The van der Waals surface area contributed by atoms with Gasteiger partial charge in [-0.2, -0.15) is 0 Å². The molecule has 0 spiro atoms. The summed E-state index contributed by atoms with van der Waals surface area (Å²) < 4.78 is 5.61. The van der Waals surface area contributed by atoms with Crippen LogP contribution in [0.15, 0.2) is 58.4 Å². The van der Waals surface area contributed by atoms with Crippen molar-refractivity contribution in [2.24, 2.45) is 0 Å². The average molecular weight is 400 g/mol. The molecule has 30 heavy (non-hydrogen) atoms. The van der Waals surface area contributed by atoms with Gasteiger partial charge < -0.3 is 9.51 Å². The molecule has 0 saturated heterocycles. The number of H-pyrrole nitrogens is 1. The molecule has 0 bridgehead atoms. The minimum atomic E-state index is -0.117. The Balaban J connectivity index is 1.41. The number of hydrogen-bond donors (Lipinski definition) is 1. The summed E-state index contributed by atoms with van der Waals surface area (Å²) in [5.41, 5.74) is 5.04.